The van der Waals surface area contributed by atoms with E-state index in [4.69, 9.17) is 14.5 Å². The smallest absolute Gasteiger partial charge is 0.227 e. The van der Waals surface area contributed by atoms with Crippen molar-refractivity contribution in [2.45, 2.75) is 31.5 Å². The van der Waals surface area contributed by atoms with Crippen molar-refractivity contribution in [2.24, 2.45) is 5.92 Å². The third kappa shape index (κ3) is 6.50. The number of nitrogens with zero attached hydrogens (tertiary/aromatic N) is 5. The second kappa shape index (κ2) is 12.7. The van der Waals surface area contributed by atoms with Crippen molar-refractivity contribution in [1.82, 2.24) is 25.1 Å². The normalized spacial score (nSPS) is 15.4. The molecular formula is C25H33N7O4S. The number of rotatable bonds is 13. The first-order valence-electron chi connectivity index (χ1n) is 12.3. The van der Waals surface area contributed by atoms with Crippen LogP contribution < -0.4 is 20.3 Å². The molecule has 2 N–H and O–H groups in total. The molecule has 0 radical (unpaired) electrons. The maximum atomic E-state index is 12.8. The molecule has 12 heteroatoms. The summed E-state index contributed by atoms with van der Waals surface area (Å²) in [5.74, 6) is 1.75. The van der Waals surface area contributed by atoms with Gasteiger partial charge in [0.2, 0.25) is 11.8 Å². The molecule has 1 unspecified atom stereocenters. The minimum atomic E-state index is -0.403. The van der Waals surface area contributed by atoms with Gasteiger partial charge >= 0.3 is 0 Å². The van der Waals surface area contributed by atoms with Crippen LogP contribution in [0.1, 0.15) is 19.8 Å². The number of nitrogens with one attached hydrogen (secondary N) is 2. The van der Waals surface area contributed by atoms with Gasteiger partial charge in [-0.25, -0.2) is 14.6 Å². The number of benzene rings is 1. The third-order valence-electron chi connectivity index (χ3n) is 6.01. The largest absolute Gasteiger partial charge is 0.497 e. The van der Waals surface area contributed by atoms with Crippen LogP contribution in [-0.2, 0) is 20.9 Å². The number of thioether (sulfide) groups is 1. The lowest BCUT2D eigenvalue weighted by molar-refractivity contribution is -0.126. The molecule has 0 spiro atoms. The van der Waals surface area contributed by atoms with Gasteiger partial charge < -0.3 is 25.0 Å². The molecule has 198 valence electrons. The number of carbonyl (C=O) groups excluding carboxylic acids is 2. The Morgan fingerprint density at radius 2 is 2.00 bits per heavy atom. The van der Waals surface area contributed by atoms with Crippen molar-refractivity contribution in [3.8, 4) is 5.75 Å². The average Bonchev–Trinajstić information content (AvgIpc) is 3.51. The van der Waals surface area contributed by atoms with Gasteiger partial charge in [-0.1, -0.05) is 18.7 Å². The number of ether oxygens (including phenoxy) is 2. The van der Waals surface area contributed by atoms with E-state index < -0.39 is 5.92 Å². The highest BCUT2D eigenvalue weighted by Crippen LogP contribution is 2.27. The fraction of sp³-hybridized carbons (Fsp3) is 0.480. The van der Waals surface area contributed by atoms with E-state index in [1.807, 2.05) is 12.1 Å². The molecule has 1 aliphatic heterocycles. The standard InChI is InChI=1S/C25H33N7O4S/c1-4-13-37-25-29-22(26-10-12-35-2)20-15-28-32(23(20)30-25)11-9-27-24(34)17-14-21(33)31(16-17)18-5-7-19(36-3)8-6-18/h5-8,15,17H,4,9-14,16H2,1-3H3,(H,27,34)(H,26,29,30). The topological polar surface area (TPSA) is 123 Å². The van der Waals surface area contributed by atoms with E-state index in [1.54, 1.807) is 53.9 Å². The number of amides is 2. The first kappa shape index (κ1) is 26.7. The second-order valence-corrected chi connectivity index (χ2v) is 9.68. The number of anilines is 2. The molecule has 3 heterocycles. The molecule has 0 aliphatic carbocycles. The van der Waals surface area contributed by atoms with Crippen molar-refractivity contribution in [3.63, 3.8) is 0 Å². The molecule has 1 aliphatic rings. The summed E-state index contributed by atoms with van der Waals surface area (Å²) in [5.41, 5.74) is 1.47. The zero-order valence-corrected chi connectivity index (χ0v) is 22.2. The Balaban J connectivity index is 1.38. The molecule has 3 aromatic rings. The fourth-order valence-electron chi connectivity index (χ4n) is 4.09. The van der Waals surface area contributed by atoms with E-state index >= 15 is 0 Å². The summed E-state index contributed by atoms with van der Waals surface area (Å²) in [6, 6.07) is 7.26. The van der Waals surface area contributed by atoms with Crippen molar-refractivity contribution < 1.29 is 19.1 Å². The Labute approximate surface area is 220 Å². The Morgan fingerprint density at radius 3 is 2.73 bits per heavy atom. The molecule has 1 fully saturated rings. The maximum absolute atomic E-state index is 12.8. The summed E-state index contributed by atoms with van der Waals surface area (Å²) < 4.78 is 12.1. The Hall–Kier alpha value is -3.38. The molecular weight excluding hydrogens is 494 g/mol. The zero-order chi connectivity index (χ0) is 26.2. The number of carbonyl (C=O) groups is 2. The van der Waals surface area contributed by atoms with Gasteiger partial charge in [0.1, 0.15) is 11.6 Å². The summed E-state index contributed by atoms with van der Waals surface area (Å²) in [6.07, 6.45) is 2.94. The van der Waals surface area contributed by atoms with E-state index in [-0.39, 0.29) is 18.2 Å². The number of fused-ring (bicyclic) bond motifs is 1. The number of aromatic nitrogens is 4. The molecule has 2 amide bonds. The van der Waals surface area contributed by atoms with E-state index in [1.165, 1.54) is 0 Å². The predicted molar refractivity (Wildman–Crippen MR) is 143 cm³/mol. The van der Waals surface area contributed by atoms with E-state index in [2.05, 4.69) is 27.6 Å². The van der Waals surface area contributed by atoms with Crippen LogP contribution in [0.5, 0.6) is 5.75 Å². The Bertz CT molecular complexity index is 1220. The van der Waals surface area contributed by atoms with Gasteiger partial charge in [-0.05, 0) is 30.7 Å². The molecule has 11 nitrogen and oxygen atoms in total. The zero-order valence-electron chi connectivity index (χ0n) is 21.4. The van der Waals surface area contributed by atoms with E-state index in [0.717, 1.165) is 34.8 Å². The van der Waals surface area contributed by atoms with Crippen molar-refractivity contribution >= 4 is 46.1 Å². The third-order valence-corrected chi connectivity index (χ3v) is 7.07. The van der Waals surface area contributed by atoms with Gasteiger partial charge in [-0.3, -0.25) is 9.59 Å². The highest BCUT2D eigenvalue weighted by Gasteiger charge is 2.35. The Morgan fingerprint density at radius 1 is 1.19 bits per heavy atom. The summed E-state index contributed by atoms with van der Waals surface area (Å²) in [4.78, 5) is 36.4. The van der Waals surface area contributed by atoms with Crippen molar-refractivity contribution in [2.75, 3.05) is 56.4 Å². The van der Waals surface area contributed by atoms with Crippen LogP contribution in [0.4, 0.5) is 11.5 Å². The quantitative estimate of drug-likeness (QED) is 0.196. The van der Waals surface area contributed by atoms with E-state index in [0.29, 0.717) is 43.6 Å². The summed E-state index contributed by atoms with van der Waals surface area (Å²) >= 11 is 1.60. The van der Waals surface area contributed by atoms with Crippen LogP contribution in [0.25, 0.3) is 11.0 Å². The van der Waals surface area contributed by atoms with Gasteiger partial charge in [0, 0.05) is 44.6 Å². The lowest BCUT2D eigenvalue weighted by Gasteiger charge is -2.17. The lowest BCUT2D eigenvalue weighted by Crippen LogP contribution is -2.35. The van der Waals surface area contributed by atoms with Crippen LogP contribution in [0, 0.1) is 5.92 Å². The summed E-state index contributed by atoms with van der Waals surface area (Å²) in [7, 11) is 3.25. The van der Waals surface area contributed by atoms with Crippen LogP contribution in [0.15, 0.2) is 35.6 Å². The van der Waals surface area contributed by atoms with Crippen LogP contribution >= 0.6 is 11.8 Å². The highest BCUT2D eigenvalue weighted by molar-refractivity contribution is 7.99. The molecule has 1 aromatic carbocycles. The Kier molecular flexibility index (Phi) is 9.18. The van der Waals surface area contributed by atoms with Crippen LogP contribution in [0.3, 0.4) is 0 Å². The first-order chi connectivity index (χ1) is 18.0. The molecule has 0 saturated carbocycles. The monoisotopic (exact) mass is 527 g/mol. The van der Waals surface area contributed by atoms with Crippen molar-refractivity contribution in [1.29, 1.82) is 0 Å². The minimum Gasteiger partial charge on any atom is -0.497 e. The summed E-state index contributed by atoms with van der Waals surface area (Å²) in [5, 5.41) is 12.3. The van der Waals surface area contributed by atoms with Crippen LogP contribution in [0.2, 0.25) is 0 Å². The fourth-order valence-corrected chi connectivity index (χ4v) is 4.78. The van der Waals surface area contributed by atoms with Gasteiger partial charge in [0.25, 0.3) is 0 Å². The molecule has 1 atom stereocenters. The molecule has 1 saturated heterocycles. The molecule has 0 bridgehead atoms. The SMILES string of the molecule is CCCSc1nc(NCCOC)c2cnn(CCNC(=O)C3CC(=O)N(c4ccc(OC)cc4)C3)c2n1. The van der Waals surface area contributed by atoms with Crippen molar-refractivity contribution in [3.05, 3.63) is 30.5 Å². The molecule has 4 rings (SSSR count). The number of hydrogen-bond donors (Lipinski definition) is 2. The molecule has 2 aromatic heterocycles. The van der Waals surface area contributed by atoms with Gasteiger partial charge in [0.15, 0.2) is 10.8 Å². The maximum Gasteiger partial charge on any atom is 0.227 e. The minimum absolute atomic E-state index is 0.0642. The first-order valence-corrected chi connectivity index (χ1v) is 13.3. The second-order valence-electron chi connectivity index (χ2n) is 8.62. The predicted octanol–water partition coefficient (Wildman–Crippen LogP) is 2.56. The lowest BCUT2D eigenvalue weighted by atomic mass is 10.1. The van der Waals surface area contributed by atoms with E-state index in [9.17, 15) is 9.59 Å². The molecule has 37 heavy (non-hydrogen) atoms. The summed E-state index contributed by atoms with van der Waals surface area (Å²) in [6.45, 7) is 4.47. The number of methoxy groups -OCH3 is 2. The highest BCUT2D eigenvalue weighted by atomic mass is 32.2. The van der Waals surface area contributed by atoms with Crippen LogP contribution in [-0.4, -0.2) is 77.8 Å². The average molecular weight is 528 g/mol. The van der Waals surface area contributed by atoms with Gasteiger partial charge in [-0.15, -0.1) is 0 Å². The van der Waals surface area contributed by atoms with Gasteiger partial charge in [-0.2, -0.15) is 5.10 Å². The number of hydrogen-bond acceptors (Lipinski definition) is 9. The van der Waals surface area contributed by atoms with Gasteiger partial charge in [0.05, 0.1) is 37.8 Å².